The summed E-state index contributed by atoms with van der Waals surface area (Å²) >= 11 is 6.66. The highest BCUT2D eigenvalue weighted by molar-refractivity contribution is 8.26. The van der Waals surface area contributed by atoms with Crippen LogP contribution in [0.1, 0.15) is 29.5 Å². The van der Waals surface area contributed by atoms with Gasteiger partial charge in [-0.1, -0.05) is 42.2 Å². The van der Waals surface area contributed by atoms with E-state index in [0.29, 0.717) is 40.1 Å². The van der Waals surface area contributed by atoms with Gasteiger partial charge in [0.15, 0.2) is 11.5 Å². The smallest absolute Gasteiger partial charge is 0.266 e. The number of nitrogens with one attached hydrogen (secondary N) is 1. The molecule has 168 valence electrons. The van der Waals surface area contributed by atoms with Crippen LogP contribution in [0.5, 0.6) is 11.5 Å². The van der Waals surface area contributed by atoms with Gasteiger partial charge in [-0.2, -0.15) is 0 Å². The van der Waals surface area contributed by atoms with E-state index in [2.05, 4.69) is 5.32 Å². The Morgan fingerprint density at radius 3 is 2.62 bits per heavy atom. The molecule has 0 unspecified atom stereocenters. The Hall–Kier alpha value is -2.84. The minimum atomic E-state index is -0.148. The molecule has 0 aliphatic carbocycles. The average Bonchev–Trinajstić information content (AvgIpc) is 3.04. The highest BCUT2D eigenvalue weighted by atomic mass is 32.2. The second kappa shape index (κ2) is 10.7. The number of hydrogen-bond acceptors (Lipinski definition) is 6. The number of aryl methyl sites for hydroxylation is 1. The molecule has 6 nitrogen and oxygen atoms in total. The Kier molecular flexibility index (Phi) is 7.93. The second-order valence-electron chi connectivity index (χ2n) is 7.35. The third kappa shape index (κ3) is 5.49. The molecule has 1 N–H and O–H groups in total. The van der Waals surface area contributed by atoms with E-state index < -0.39 is 0 Å². The predicted octanol–water partition coefficient (Wildman–Crippen LogP) is 4.94. The van der Waals surface area contributed by atoms with E-state index in [4.69, 9.17) is 21.7 Å². The fraction of sp³-hybridized carbons (Fsp3) is 0.292. The van der Waals surface area contributed by atoms with Crippen LogP contribution in [-0.4, -0.2) is 41.8 Å². The van der Waals surface area contributed by atoms with Gasteiger partial charge in [-0.3, -0.25) is 14.5 Å². The Bertz CT molecular complexity index is 1080. The third-order valence-corrected chi connectivity index (χ3v) is 6.62. The zero-order valence-electron chi connectivity index (χ0n) is 18.6. The van der Waals surface area contributed by atoms with E-state index >= 15 is 0 Å². The summed E-state index contributed by atoms with van der Waals surface area (Å²) in [7, 11) is 3.14. The number of carbonyl (C=O) groups excluding carboxylic acids is 2. The average molecular weight is 471 g/mol. The number of rotatable bonds is 8. The molecular weight excluding hydrogens is 444 g/mol. The first-order chi connectivity index (χ1) is 15.3. The van der Waals surface area contributed by atoms with Crippen molar-refractivity contribution in [3.63, 3.8) is 0 Å². The van der Waals surface area contributed by atoms with Crippen LogP contribution in [0.3, 0.4) is 0 Å². The normalized spacial score (nSPS) is 14.8. The van der Waals surface area contributed by atoms with E-state index in [9.17, 15) is 9.59 Å². The number of amides is 2. The maximum absolute atomic E-state index is 12.8. The molecule has 3 rings (SSSR count). The van der Waals surface area contributed by atoms with E-state index in [-0.39, 0.29) is 11.8 Å². The number of methoxy groups -OCH3 is 2. The molecule has 2 aromatic rings. The van der Waals surface area contributed by atoms with Crippen molar-refractivity contribution in [2.45, 2.75) is 26.7 Å². The van der Waals surface area contributed by atoms with Crippen LogP contribution in [0.4, 0.5) is 5.69 Å². The van der Waals surface area contributed by atoms with Gasteiger partial charge in [0, 0.05) is 18.7 Å². The fourth-order valence-electron chi connectivity index (χ4n) is 3.28. The second-order valence-corrected chi connectivity index (χ2v) is 9.02. The number of benzene rings is 2. The summed E-state index contributed by atoms with van der Waals surface area (Å²) in [5.41, 5.74) is 3.81. The lowest BCUT2D eigenvalue weighted by Crippen LogP contribution is -2.29. The molecule has 0 radical (unpaired) electrons. The summed E-state index contributed by atoms with van der Waals surface area (Å²) in [4.78, 5) is 27.3. The van der Waals surface area contributed by atoms with Gasteiger partial charge in [0.1, 0.15) is 4.32 Å². The monoisotopic (exact) mass is 470 g/mol. The lowest BCUT2D eigenvalue weighted by molar-refractivity contribution is -0.122. The lowest BCUT2D eigenvalue weighted by atomic mass is 10.1. The van der Waals surface area contributed by atoms with E-state index in [0.717, 1.165) is 22.4 Å². The molecule has 2 aromatic carbocycles. The van der Waals surface area contributed by atoms with Crippen LogP contribution in [-0.2, 0) is 9.59 Å². The standard InChI is InChI=1S/C24H26N2O4S2/c1-15-7-5-8-18(16(15)2)25-22(27)9-6-12-26-23(28)21(32-24(26)31)14-17-10-11-19(29-3)20(13-17)30-4/h5,7-8,10-11,13-14H,6,9,12H2,1-4H3,(H,25,27). The van der Waals surface area contributed by atoms with Crippen molar-refractivity contribution in [1.29, 1.82) is 0 Å². The number of anilines is 1. The number of nitrogens with zero attached hydrogens (tertiary/aromatic N) is 1. The molecule has 8 heteroatoms. The van der Waals surface area contributed by atoms with Crippen LogP contribution in [0.15, 0.2) is 41.3 Å². The number of thioether (sulfide) groups is 1. The molecule has 2 amide bonds. The molecule has 0 aromatic heterocycles. The van der Waals surface area contributed by atoms with Crippen LogP contribution < -0.4 is 14.8 Å². The maximum atomic E-state index is 12.8. The first-order valence-corrected chi connectivity index (χ1v) is 11.4. The summed E-state index contributed by atoms with van der Waals surface area (Å²) in [5.74, 6) is 0.984. The summed E-state index contributed by atoms with van der Waals surface area (Å²) in [5, 5.41) is 2.95. The van der Waals surface area contributed by atoms with Crippen LogP contribution >= 0.6 is 24.0 Å². The van der Waals surface area contributed by atoms with Crippen LogP contribution in [0, 0.1) is 13.8 Å². The first kappa shape index (κ1) is 23.8. The number of thiocarbonyl (C=S) groups is 1. The van der Waals surface area contributed by atoms with E-state index in [1.54, 1.807) is 31.3 Å². The molecule has 1 aliphatic heterocycles. The predicted molar refractivity (Wildman–Crippen MR) is 133 cm³/mol. The molecule has 1 fully saturated rings. The minimum Gasteiger partial charge on any atom is -0.493 e. The van der Waals surface area contributed by atoms with Crippen molar-refractivity contribution in [3.05, 3.63) is 58.0 Å². The van der Waals surface area contributed by atoms with Gasteiger partial charge in [-0.05, 0) is 61.2 Å². The molecule has 0 atom stereocenters. The van der Waals surface area contributed by atoms with Gasteiger partial charge in [-0.15, -0.1) is 0 Å². The Morgan fingerprint density at radius 2 is 1.91 bits per heavy atom. The van der Waals surface area contributed by atoms with Gasteiger partial charge in [0.2, 0.25) is 5.91 Å². The lowest BCUT2D eigenvalue weighted by Gasteiger charge is -2.14. The van der Waals surface area contributed by atoms with Crippen molar-refractivity contribution in [3.8, 4) is 11.5 Å². The SMILES string of the molecule is COc1ccc(C=C2SC(=S)N(CCCC(=O)Nc3cccc(C)c3C)C2=O)cc1OC. The zero-order valence-corrected chi connectivity index (χ0v) is 20.2. The molecule has 1 heterocycles. The fourth-order valence-corrected chi connectivity index (χ4v) is 4.59. The summed E-state index contributed by atoms with van der Waals surface area (Å²) < 4.78 is 11.1. The molecule has 1 saturated heterocycles. The van der Waals surface area contributed by atoms with Crippen LogP contribution in [0.25, 0.3) is 6.08 Å². The van der Waals surface area contributed by atoms with Crippen molar-refractivity contribution in [1.82, 2.24) is 4.90 Å². The van der Waals surface area contributed by atoms with Gasteiger partial charge in [-0.25, -0.2) is 0 Å². The molecule has 0 spiro atoms. The van der Waals surface area contributed by atoms with Crippen molar-refractivity contribution < 1.29 is 19.1 Å². The third-order valence-electron chi connectivity index (χ3n) is 5.24. The Morgan fingerprint density at radius 1 is 1.16 bits per heavy atom. The van der Waals surface area contributed by atoms with E-state index in [1.165, 1.54) is 11.8 Å². The molecule has 0 saturated carbocycles. The van der Waals surface area contributed by atoms with Gasteiger partial charge < -0.3 is 14.8 Å². The summed E-state index contributed by atoms with van der Waals surface area (Å²) in [6.45, 7) is 4.39. The quantitative estimate of drug-likeness (QED) is 0.435. The molecule has 1 aliphatic rings. The number of carbonyl (C=O) groups is 2. The molecule has 32 heavy (non-hydrogen) atoms. The van der Waals surface area contributed by atoms with Crippen molar-refractivity contribution in [2.75, 3.05) is 26.1 Å². The highest BCUT2D eigenvalue weighted by Crippen LogP contribution is 2.34. The Balaban J connectivity index is 1.58. The zero-order chi connectivity index (χ0) is 23.3. The highest BCUT2D eigenvalue weighted by Gasteiger charge is 2.31. The largest absolute Gasteiger partial charge is 0.493 e. The van der Waals surface area contributed by atoms with Crippen molar-refractivity contribution in [2.24, 2.45) is 0 Å². The Labute approximate surface area is 198 Å². The first-order valence-electron chi connectivity index (χ1n) is 10.2. The number of hydrogen-bond donors (Lipinski definition) is 1. The summed E-state index contributed by atoms with van der Waals surface area (Å²) in [6, 6.07) is 11.3. The number of ether oxygens (including phenoxy) is 2. The topological polar surface area (TPSA) is 67.9 Å². The minimum absolute atomic E-state index is 0.0787. The molecular formula is C24H26N2O4S2. The van der Waals surface area contributed by atoms with Gasteiger partial charge in [0.25, 0.3) is 5.91 Å². The summed E-state index contributed by atoms with van der Waals surface area (Å²) in [6.07, 6.45) is 2.61. The van der Waals surface area contributed by atoms with Gasteiger partial charge >= 0.3 is 0 Å². The van der Waals surface area contributed by atoms with E-state index in [1.807, 2.05) is 44.2 Å². The van der Waals surface area contributed by atoms with Crippen LogP contribution in [0.2, 0.25) is 0 Å². The van der Waals surface area contributed by atoms with Gasteiger partial charge in [0.05, 0.1) is 19.1 Å². The van der Waals surface area contributed by atoms with Crippen molar-refractivity contribution >= 4 is 51.9 Å². The maximum Gasteiger partial charge on any atom is 0.266 e. The molecule has 0 bridgehead atoms.